The Morgan fingerprint density at radius 2 is 2.36 bits per heavy atom. The van der Waals surface area contributed by atoms with Crippen molar-refractivity contribution in [2.24, 2.45) is 5.73 Å². The first-order valence-corrected chi connectivity index (χ1v) is 3.51. The zero-order valence-corrected chi connectivity index (χ0v) is 6.10. The second-order valence-corrected chi connectivity index (χ2v) is 2.77. The summed E-state index contributed by atoms with van der Waals surface area (Å²) in [5.74, 6) is 0. The molecule has 2 unspecified atom stereocenters. The Morgan fingerprint density at radius 3 is 2.73 bits per heavy atom. The van der Waals surface area contributed by atoms with Gasteiger partial charge in [0.1, 0.15) is 0 Å². The third kappa shape index (κ3) is 1.61. The van der Waals surface area contributed by atoms with E-state index in [1.807, 2.05) is 0 Å². The van der Waals surface area contributed by atoms with Crippen molar-refractivity contribution in [2.75, 3.05) is 13.2 Å². The molecule has 4 N–H and O–H groups in total. The lowest BCUT2D eigenvalue weighted by Crippen LogP contribution is -2.37. The Kier molecular flexibility index (Phi) is 2.31. The van der Waals surface area contributed by atoms with Crippen LogP contribution in [0.2, 0.25) is 0 Å². The Bertz CT molecular complexity index is 162. The van der Waals surface area contributed by atoms with E-state index in [-0.39, 0.29) is 18.7 Å². The van der Waals surface area contributed by atoms with E-state index >= 15 is 0 Å². The third-order valence-electron chi connectivity index (χ3n) is 1.90. The van der Waals surface area contributed by atoms with Gasteiger partial charge in [-0.05, 0) is 6.42 Å². The van der Waals surface area contributed by atoms with Gasteiger partial charge < -0.3 is 20.8 Å². The van der Waals surface area contributed by atoms with Crippen LogP contribution < -0.4 is 5.73 Å². The molecule has 11 heavy (non-hydrogen) atoms. The van der Waals surface area contributed by atoms with E-state index < -0.39 is 6.09 Å². The number of aliphatic hydroxyl groups excluding tert-OH is 1. The average molecular weight is 160 g/mol. The van der Waals surface area contributed by atoms with Crippen molar-refractivity contribution in [1.29, 1.82) is 0 Å². The summed E-state index contributed by atoms with van der Waals surface area (Å²) in [5.41, 5.74) is 5.51. The van der Waals surface area contributed by atoms with Crippen LogP contribution in [-0.4, -0.2) is 46.4 Å². The first-order chi connectivity index (χ1) is 5.15. The Hall–Kier alpha value is -0.810. The molecule has 1 aliphatic rings. The van der Waals surface area contributed by atoms with Gasteiger partial charge in [-0.25, -0.2) is 4.79 Å². The second-order valence-electron chi connectivity index (χ2n) is 2.77. The normalized spacial score (nSPS) is 30.9. The molecule has 0 bridgehead atoms. The summed E-state index contributed by atoms with van der Waals surface area (Å²) < 4.78 is 0. The lowest BCUT2D eigenvalue weighted by Gasteiger charge is -2.18. The number of hydrogen-bond donors (Lipinski definition) is 3. The van der Waals surface area contributed by atoms with Gasteiger partial charge in [0.05, 0.1) is 12.6 Å². The number of aliphatic hydroxyl groups is 1. The molecule has 64 valence electrons. The Labute approximate surface area is 64.4 Å². The zero-order valence-electron chi connectivity index (χ0n) is 6.10. The number of amides is 1. The molecule has 5 heteroatoms. The summed E-state index contributed by atoms with van der Waals surface area (Å²) in [4.78, 5) is 11.7. The van der Waals surface area contributed by atoms with Crippen molar-refractivity contribution in [3.63, 3.8) is 0 Å². The molecule has 5 nitrogen and oxygen atoms in total. The van der Waals surface area contributed by atoms with E-state index in [0.717, 1.165) is 0 Å². The number of hydrogen-bond acceptors (Lipinski definition) is 3. The largest absolute Gasteiger partial charge is 0.465 e. The van der Waals surface area contributed by atoms with Crippen molar-refractivity contribution in [2.45, 2.75) is 18.5 Å². The Morgan fingerprint density at radius 1 is 1.73 bits per heavy atom. The molecule has 0 spiro atoms. The maximum atomic E-state index is 10.5. The number of likely N-dealkylation sites (tertiary alicyclic amines) is 1. The topological polar surface area (TPSA) is 86.8 Å². The summed E-state index contributed by atoms with van der Waals surface area (Å²) in [6.07, 6.45) is -0.444. The van der Waals surface area contributed by atoms with Crippen molar-refractivity contribution in [3.05, 3.63) is 0 Å². The van der Waals surface area contributed by atoms with Gasteiger partial charge >= 0.3 is 6.09 Å². The van der Waals surface area contributed by atoms with Gasteiger partial charge in [0, 0.05) is 12.6 Å². The highest BCUT2D eigenvalue weighted by Gasteiger charge is 2.32. The van der Waals surface area contributed by atoms with E-state index in [9.17, 15) is 4.79 Å². The van der Waals surface area contributed by atoms with Crippen LogP contribution in [0.1, 0.15) is 6.42 Å². The fraction of sp³-hybridized carbons (Fsp3) is 0.833. The highest BCUT2D eigenvalue weighted by atomic mass is 16.4. The molecule has 0 radical (unpaired) electrons. The van der Waals surface area contributed by atoms with Crippen LogP contribution >= 0.6 is 0 Å². The number of nitrogens with zero attached hydrogens (tertiary/aromatic N) is 1. The molecule has 1 heterocycles. The lowest BCUT2D eigenvalue weighted by atomic mass is 10.2. The van der Waals surface area contributed by atoms with E-state index in [1.54, 1.807) is 0 Å². The van der Waals surface area contributed by atoms with Gasteiger partial charge in [-0.3, -0.25) is 0 Å². The molecule has 0 aromatic heterocycles. The number of rotatable bonds is 1. The van der Waals surface area contributed by atoms with Crippen LogP contribution in [0.5, 0.6) is 0 Å². The van der Waals surface area contributed by atoms with E-state index in [0.29, 0.717) is 13.0 Å². The van der Waals surface area contributed by atoms with Gasteiger partial charge in [-0.2, -0.15) is 0 Å². The fourth-order valence-corrected chi connectivity index (χ4v) is 1.36. The van der Waals surface area contributed by atoms with Crippen molar-refractivity contribution < 1.29 is 15.0 Å². The quantitative estimate of drug-likeness (QED) is 0.462. The molecule has 1 amide bonds. The van der Waals surface area contributed by atoms with Crippen LogP contribution in [0, 0.1) is 0 Å². The zero-order chi connectivity index (χ0) is 8.43. The molecule has 0 saturated carbocycles. The molecule has 1 saturated heterocycles. The first-order valence-electron chi connectivity index (χ1n) is 3.51. The molecule has 2 atom stereocenters. The van der Waals surface area contributed by atoms with Crippen LogP contribution in [0.3, 0.4) is 0 Å². The van der Waals surface area contributed by atoms with Crippen LogP contribution in [0.15, 0.2) is 0 Å². The molecule has 0 aliphatic carbocycles. The maximum absolute atomic E-state index is 10.5. The van der Waals surface area contributed by atoms with Gasteiger partial charge in [-0.15, -0.1) is 0 Å². The predicted octanol–water partition coefficient (Wildman–Crippen LogP) is -0.942. The summed E-state index contributed by atoms with van der Waals surface area (Å²) in [6.45, 7) is 0.195. The second kappa shape index (κ2) is 3.06. The third-order valence-corrected chi connectivity index (χ3v) is 1.90. The number of nitrogens with two attached hydrogens (primary N) is 1. The van der Waals surface area contributed by atoms with Crippen LogP contribution in [0.4, 0.5) is 4.79 Å². The monoisotopic (exact) mass is 160 g/mol. The molecular weight excluding hydrogens is 148 g/mol. The van der Waals surface area contributed by atoms with Crippen molar-refractivity contribution >= 4 is 6.09 Å². The highest BCUT2D eigenvalue weighted by Crippen LogP contribution is 2.15. The molecule has 1 fully saturated rings. The maximum Gasteiger partial charge on any atom is 0.407 e. The van der Waals surface area contributed by atoms with Crippen molar-refractivity contribution in [3.8, 4) is 0 Å². The van der Waals surface area contributed by atoms with E-state index in [2.05, 4.69) is 0 Å². The summed E-state index contributed by atoms with van der Waals surface area (Å²) in [6, 6.07) is -0.425. The minimum atomic E-state index is -1.00. The predicted molar refractivity (Wildman–Crippen MR) is 38.2 cm³/mol. The average Bonchev–Trinajstić information content (AvgIpc) is 2.30. The highest BCUT2D eigenvalue weighted by molar-refractivity contribution is 5.66. The molecule has 0 aromatic carbocycles. The minimum absolute atomic E-state index is 0.122. The van der Waals surface area contributed by atoms with Gasteiger partial charge in [0.15, 0.2) is 0 Å². The summed E-state index contributed by atoms with van der Waals surface area (Å²) in [5, 5.41) is 17.3. The molecule has 0 aromatic rings. The summed E-state index contributed by atoms with van der Waals surface area (Å²) in [7, 11) is 0. The van der Waals surface area contributed by atoms with Crippen LogP contribution in [-0.2, 0) is 0 Å². The van der Waals surface area contributed by atoms with E-state index in [1.165, 1.54) is 4.90 Å². The van der Waals surface area contributed by atoms with Crippen LogP contribution in [0.25, 0.3) is 0 Å². The summed E-state index contributed by atoms with van der Waals surface area (Å²) >= 11 is 0. The molecule has 1 rings (SSSR count). The van der Waals surface area contributed by atoms with Gasteiger partial charge in [0.25, 0.3) is 0 Å². The SMILES string of the molecule is NC1CC(CO)N(C(=O)O)C1. The molecular formula is C6H12N2O3. The number of carbonyl (C=O) groups is 1. The van der Waals surface area contributed by atoms with Gasteiger partial charge in [0.2, 0.25) is 0 Å². The smallest absolute Gasteiger partial charge is 0.407 e. The standard InChI is InChI=1S/C6H12N2O3/c7-4-1-5(3-9)8(2-4)6(10)11/h4-5,9H,1-3,7H2,(H,10,11). The Balaban J connectivity index is 2.57. The van der Waals surface area contributed by atoms with E-state index in [4.69, 9.17) is 15.9 Å². The van der Waals surface area contributed by atoms with Gasteiger partial charge in [-0.1, -0.05) is 0 Å². The fourth-order valence-electron chi connectivity index (χ4n) is 1.36. The first kappa shape index (κ1) is 8.29. The number of carboxylic acid groups (broad SMARTS) is 1. The van der Waals surface area contributed by atoms with Crippen molar-refractivity contribution in [1.82, 2.24) is 4.90 Å². The lowest BCUT2D eigenvalue weighted by molar-refractivity contribution is 0.118. The minimum Gasteiger partial charge on any atom is -0.465 e. The molecule has 1 aliphatic heterocycles.